The molecule has 28 heavy (non-hydrogen) atoms. The Labute approximate surface area is 163 Å². The van der Waals surface area contributed by atoms with Gasteiger partial charge in [-0.05, 0) is 43.3 Å². The largest absolute Gasteiger partial charge is 0.339 e. The molecule has 7 heteroatoms. The van der Waals surface area contributed by atoms with Crippen molar-refractivity contribution in [2.24, 2.45) is 0 Å². The molecule has 0 aliphatic carbocycles. The van der Waals surface area contributed by atoms with Crippen molar-refractivity contribution >= 4 is 29.0 Å². The van der Waals surface area contributed by atoms with Crippen molar-refractivity contribution in [2.45, 2.75) is 6.92 Å². The molecular formula is C21H20N6O. The van der Waals surface area contributed by atoms with Crippen molar-refractivity contribution in [1.29, 1.82) is 5.26 Å². The van der Waals surface area contributed by atoms with Crippen molar-refractivity contribution in [1.82, 2.24) is 9.97 Å². The van der Waals surface area contributed by atoms with Crippen LogP contribution in [0.15, 0.2) is 79.7 Å². The van der Waals surface area contributed by atoms with Crippen LogP contribution in [0.1, 0.15) is 12.5 Å². The molecule has 3 N–H and O–H groups in total. The van der Waals surface area contributed by atoms with Crippen LogP contribution in [0.25, 0.3) is 0 Å². The van der Waals surface area contributed by atoms with E-state index < -0.39 is 0 Å². The van der Waals surface area contributed by atoms with Crippen LogP contribution in [-0.4, -0.2) is 15.9 Å². The highest BCUT2D eigenvalue weighted by Gasteiger charge is 2.08. The number of anilines is 4. The number of hydrogen-bond donors (Lipinski definition) is 3. The number of nitriles is 1. The normalized spacial score (nSPS) is 10.8. The summed E-state index contributed by atoms with van der Waals surface area (Å²) in [6, 6.07) is 9.05. The highest BCUT2D eigenvalue weighted by molar-refractivity contribution is 5.98. The fraction of sp³-hybridized carbons (Fsp3) is 0.0476. The van der Waals surface area contributed by atoms with Crippen LogP contribution in [0, 0.1) is 11.3 Å². The van der Waals surface area contributed by atoms with Gasteiger partial charge in [0.05, 0.1) is 6.20 Å². The quantitative estimate of drug-likeness (QED) is 0.472. The van der Waals surface area contributed by atoms with Crippen molar-refractivity contribution in [3.63, 3.8) is 0 Å². The van der Waals surface area contributed by atoms with Crippen LogP contribution >= 0.6 is 0 Å². The Balaban J connectivity index is 2.17. The van der Waals surface area contributed by atoms with Gasteiger partial charge in [0.15, 0.2) is 5.82 Å². The molecule has 0 radical (unpaired) electrons. The molecule has 0 unspecified atom stereocenters. The van der Waals surface area contributed by atoms with Gasteiger partial charge in [0, 0.05) is 17.1 Å². The fourth-order valence-electron chi connectivity index (χ4n) is 2.08. The molecule has 0 spiro atoms. The van der Waals surface area contributed by atoms with Crippen molar-refractivity contribution in [2.75, 3.05) is 16.0 Å². The Morgan fingerprint density at radius 1 is 1.14 bits per heavy atom. The average molecular weight is 372 g/mol. The van der Waals surface area contributed by atoms with Gasteiger partial charge in [-0.1, -0.05) is 31.4 Å². The lowest BCUT2D eigenvalue weighted by atomic mass is 10.2. The third-order valence-corrected chi connectivity index (χ3v) is 3.41. The van der Waals surface area contributed by atoms with E-state index in [-0.39, 0.29) is 5.91 Å². The van der Waals surface area contributed by atoms with Gasteiger partial charge in [0.25, 0.3) is 0 Å². The zero-order chi connectivity index (χ0) is 20.4. The number of hydrogen-bond acceptors (Lipinski definition) is 6. The summed E-state index contributed by atoms with van der Waals surface area (Å²) in [7, 11) is 0. The van der Waals surface area contributed by atoms with Crippen LogP contribution in [-0.2, 0) is 4.79 Å². The van der Waals surface area contributed by atoms with Gasteiger partial charge in [-0.25, -0.2) is 4.98 Å². The highest BCUT2D eigenvalue weighted by atomic mass is 16.1. The topological polar surface area (TPSA) is 103 Å². The van der Waals surface area contributed by atoms with E-state index in [2.05, 4.69) is 45.1 Å². The van der Waals surface area contributed by atoms with Crippen molar-refractivity contribution in [3.05, 3.63) is 85.3 Å². The summed E-state index contributed by atoms with van der Waals surface area (Å²) in [6.45, 7) is 8.90. The molecule has 1 aromatic heterocycles. The van der Waals surface area contributed by atoms with Crippen molar-refractivity contribution in [3.8, 4) is 6.07 Å². The standard InChI is InChI=1S/C21H20N6O/c1-4-6-7-8-15(3)24-21-23-14-16(13-22)20(27-21)26-18-11-9-17(10-12-18)25-19(28)5-2/h4-12,14H,1-2H2,3H3,(H,25,28)(H2,23,24,26,27)/b7-6-,15-8+. The first-order valence-electron chi connectivity index (χ1n) is 8.36. The molecule has 0 fully saturated rings. The predicted molar refractivity (Wildman–Crippen MR) is 112 cm³/mol. The Hall–Kier alpha value is -4.18. The summed E-state index contributed by atoms with van der Waals surface area (Å²) >= 11 is 0. The Morgan fingerprint density at radius 3 is 2.50 bits per heavy atom. The molecule has 1 aromatic carbocycles. The lowest BCUT2D eigenvalue weighted by Crippen LogP contribution is -2.07. The van der Waals surface area contributed by atoms with E-state index in [0.29, 0.717) is 28.7 Å². The van der Waals surface area contributed by atoms with E-state index in [1.54, 1.807) is 36.4 Å². The van der Waals surface area contributed by atoms with E-state index in [1.165, 1.54) is 12.3 Å². The molecule has 140 valence electrons. The third-order valence-electron chi connectivity index (χ3n) is 3.41. The van der Waals surface area contributed by atoms with Gasteiger partial charge in [0.1, 0.15) is 11.6 Å². The second-order valence-electron chi connectivity index (χ2n) is 5.56. The summed E-state index contributed by atoms with van der Waals surface area (Å²) < 4.78 is 0. The van der Waals surface area contributed by atoms with Crippen LogP contribution in [0.4, 0.5) is 23.1 Å². The Kier molecular flexibility index (Phi) is 7.25. The molecule has 1 heterocycles. The number of benzene rings is 1. The zero-order valence-corrected chi connectivity index (χ0v) is 15.4. The van der Waals surface area contributed by atoms with E-state index >= 15 is 0 Å². The summed E-state index contributed by atoms with van der Waals surface area (Å²) in [5, 5.41) is 18.1. The van der Waals surface area contributed by atoms with Gasteiger partial charge < -0.3 is 16.0 Å². The molecular weight excluding hydrogens is 352 g/mol. The number of carbonyl (C=O) groups is 1. The van der Waals surface area contributed by atoms with Gasteiger partial charge in [0.2, 0.25) is 11.9 Å². The Bertz CT molecular complexity index is 967. The number of carbonyl (C=O) groups excluding carboxylic acids is 1. The number of aromatic nitrogens is 2. The number of nitrogens with one attached hydrogen (secondary N) is 3. The predicted octanol–water partition coefficient (Wildman–Crippen LogP) is 4.27. The van der Waals surface area contributed by atoms with Crippen LogP contribution < -0.4 is 16.0 Å². The smallest absolute Gasteiger partial charge is 0.247 e. The molecule has 0 saturated carbocycles. The molecule has 2 aromatic rings. The lowest BCUT2D eigenvalue weighted by Gasteiger charge is -2.11. The number of rotatable bonds is 8. The molecule has 0 bridgehead atoms. The molecule has 7 nitrogen and oxygen atoms in total. The minimum atomic E-state index is -0.287. The minimum absolute atomic E-state index is 0.287. The number of allylic oxidation sites excluding steroid dienone is 5. The van der Waals surface area contributed by atoms with E-state index in [1.807, 2.05) is 19.1 Å². The number of amides is 1. The average Bonchev–Trinajstić information content (AvgIpc) is 2.70. The first kappa shape index (κ1) is 20.1. The maximum Gasteiger partial charge on any atom is 0.247 e. The molecule has 0 saturated heterocycles. The minimum Gasteiger partial charge on any atom is -0.339 e. The molecule has 0 atom stereocenters. The van der Waals surface area contributed by atoms with Crippen LogP contribution in [0.5, 0.6) is 0 Å². The van der Waals surface area contributed by atoms with Gasteiger partial charge in [-0.15, -0.1) is 0 Å². The fourth-order valence-corrected chi connectivity index (χ4v) is 2.08. The second-order valence-corrected chi connectivity index (χ2v) is 5.56. The van der Waals surface area contributed by atoms with E-state index in [4.69, 9.17) is 0 Å². The van der Waals surface area contributed by atoms with Gasteiger partial charge >= 0.3 is 0 Å². The zero-order valence-electron chi connectivity index (χ0n) is 15.4. The van der Waals surface area contributed by atoms with Gasteiger partial charge in [-0.3, -0.25) is 4.79 Å². The summed E-state index contributed by atoms with van der Waals surface area (Å²) in [5.74, 6) is 0.444. The molecule has 0 aliphatic heterocycles. The van der Waals surface area contributed by atoms with Crippen LogP contribution in [0.2, 0.25) is 0 Å². The molecule has 0 aliphatic rings. The summed E-state index contributed by atoms with van der Waals surface area (Å²) in [4.78, 5) is 19.8. The molecule has 2 rings (SSSR count). The third kappa shape index (κ3) is 5.97. The first-order chi connectivity index (χ1) is 13.5. The highest BCUT2D eigenvalue weighted by Crippen LogP contribution is 2.21. The first-order valence-corrected chi connectivity index (χ1v) is 8.36. The lowest BCUT2D eigenvalue weighted by molar-refractivity contribution is -0.111. The maximum absolute atomic E-state index is 11.3. The number of nitrogens with zero attached hydrogens (tertiary/aromatic N) is 3. The van der Waals surface area contributed by atoms with Crippen LogP contribution in [0.3, 0.4) is 0 Å². The second kappa shape index (κ2) is 10.1. The van der Waals surface area contributed by atoms with E-state index in [0.717, 1.165) is 5.70 Å². The monoisotopic (exact) mass is 372 g/mol. The molecule has 1 amide bonds. The summed E-state index contributed by atoms with van der Waals surface area (Å²) in [6.07, 6.45) is 9.82. The van der Waals surface area contributed by atoms with Crippen molar-refractivity contribution < 1.29 is 4.79 Å². The van der Waals surface area contributed by atoms with E-state index in [9.17, 15) is 10.1 Å². The van der Waals surface area contributed by atoms with Gasteiger partial charge in [-0.2, -0.15) is 10.2 Å². The SMILES string of the molecule is C=C/C=C\C=C(/C)Nc1ncc(C#N)c(Nc2ccc(NC(=O)C=C)cc2)n1. The Morgan fingerprint density at radius 2 is 1.86 bits per heavy atom. The maximum atomic E-state index is 11.3. The summed E-state index contributed by atoms with van der Waals surface area (Å²) in [5.41, 5.74) is 2.48.